The lowest BCUT2D eigenvalue weighted by Gasteiger charge is -2.19. The summed E-state index contributed by atoms with van der Waals surface area (Å²) < 4.78 is 0. The van der Waals surface area contributed by atoms with E-state index in [-0.39, 0.29) is 0 Å². The molecule has 0 aliphatic carbocycles. The van der Waals surface area contributed by atoms with Gasteiger partial charge in [0.05, 0.1) is 0 Å². The SMILES string of the molecule is CN(Cc1ccncc1)c1ccc(N)cc1. The van der Waals surface area contributed by atoms with Gasteiger partial charge in [-0.05, 0) is 42.0 Å². The highest BCUT2D eigenvalue weighted by Crippen LogP contribution is 2.16. The molecule has 1 aromatic heterocycles. The standard InChI is InChI=1S/C13H15N3/c1-16(10-11-6-8-15-9-7-11)13-4-2-12(14)3-5-13/h2-9H,10,14H2,1H3. The van der Waals surface area contributed by atoms with Crippen molar-refractivity contribution in [2.24, 2.45) is 0 Å². The Bertz CT molecular complexity index is 436. The summed E-state index contributed by atoms with van der Waals surface area (Å²) in [6, 6.07) is 11.9. The van der Waals surface area contributed by atoms with E-state index >= 15 is 0 Å². The van der Waals surface area contributed by atoms with E-state index in [0.717, 1.165) is 17.9 Å². The van der Waals surface area contributed by atoms with Gasteiger partial charge in [0.15, 0.2) is 0 Å². The number of nitrogen functional groups attached to an aromatic ring is 1. The molecule has 2 rings (SSSR count). The van der Waals surface area contributed by atoms with Crippen molar-refractivity contribution in [2.45, 2.75) is 6.54 Å². The molecule has 0 aliphatic rings. The minimum atomic E-state index is 0.793. The van der Waals surface area contributed by atoms with Gasteiger partial charge in [-0.2, -0.15) is 0 Å². The molecular weight excluding hydrogens is 198 g/mol. The molecule has 3 nitrogen and oxygen atoms in total. The Labute approximate surface area is 95.5 Å². The molecule has 1 aromatic carbocycles. The Balaban J connectivity index is 2.09. The van der Waals surface area contributed by atoms with Crippen LogP contribution in [0.4, 0.5) is 11.4 Å². The minimum absolute atomic E-state index is 0.793. The summed E-state index contributed by atoms with van der Waals surface area (Å²) >= 11 is 0. The number of aromatic nitrogens is 1. The van der Waals surface area contributed by atoms with Crippen LogP contribution in [-0.2, 0) is 6.54 Å². The second-order valence-electron chi connectivity index (χ2n) is 3.80. The molecule has 2 aromatic rings. The normalized spacial score (nSPS) is 10.1. The molecule has 2 N–H and O–H groups in total. The number of rotatable bonds is 3. The molecule has 0 spiro atoms. The number of nitrogens with zero attached hydrogens (tertiary/aromatic N) is 2. The molecule has 0 bridgehead atoms. The average Bonchev–Trinajstić information content (AvgIpc) is 2.31. The van der Waals surface area contributed by atoms with Crippen LogP contribution in [0.2, 0.25) is 0 Å². The molecule has 0 aliphatic heterocycles. The molecule has 16 heavy (non-hydrogen) atoms. The summed E-state index contributed by atoms with van der Waals surface area (Å²) in [5.74, 6) is 0. The monoisotopic (exact) mass is 213 g/mol. The van der Waals surface area contributed by atoms with Crippen molar-refractivity contribution in [3.8, 4) is 0 Å². The molecule has 0 atom stereocenters. The van der Waals surface area contributed by atoms with E-state index in [1.54, 1.807) is 0 Å². The van der Waals surface area contributed by atoms with Crippen molar-refractivity contribution in [3.63, 3.8) is 0 Å². The summed E-state index contributed by atoms with van der Waals surface area (Å²) in [5.41, 5.74) is 8.85. The van der Waals surface area contributed by atoms with Gasteiger partial charge in [-0.3, -0.25) is 4.98 Å². The van der Waals surface area contributed by atoms with Gasteiger partial charge >= 0.3 is 0 Å². The smallest absolute Gasteiger partial charge is 0.0427 e. The van der Waals surface area contributed by atoms with Crippen molar-refractivity contribution in [2.75, 3.05) is 17.7 Å². The summed E-state index contributed by atoms with van der Waals surface area (Å²) in [5, 5.41) is 0. The molecule has 0 radical (unpaired) electrons. The second kappa shape index (κ2) is 4.66. The highest BCUT2D eigenvalue weighted by Gasteiger charge is 2.01. The van der Waals surface area contributed by atoms with E-state index in [1.165, 1.54) is 5.56 Å². The molecule has 0 saturated carbocycles. The zero-order valence-corrected chi connectivity index (χ0v) is 9.30. The maximum Gasteiger partial charge on any atom is 0.0427 e. The number of hydrogen-bond donors (Lipinski definition) is 1. The molecule has 3 heteroatoms. The quantitative estimate of drug-likeness (QED) is 0.795. The van der Waals surface area contributed by atoms with Gasteiger partial charge in [0.2, 0.25) is 0 Å². The molecule has 0 unspecified atom stereocenters. The van der Waals surface area contributed by atoms with Crippen LogP contribution in [0.1, 0.15) is 5.56 Å². The zero-order valence-electron chi connectivity index (χ0n) is 9.30. The number of nitrogens with two attached hydrogens (primary N) is 1. The maximum atomic E-state index is 5.65. The second-order valence-corrected chi connectivity index (χ2v) is 3.80. The number of hydrogen-bond acceptors (Lipinski definition) is 3. The molecule has 0 saturated heterocycles. The molecule has 0 fully saturated rings. The van der Waals surface area contributed by atoms with Gasteiger partial charge in [0, 0.05) is 37.4 Å². The number of pyridine rings is 1. The Hall–Kier alpha value is -2.03. The molecule has 82 valence electrons. The predicted molar refractivity (Wildman–Crippen MR) is 67.2 cm³/mol. The lowest BCUT2D eigenvalue weighted by molar-refractivity contribution is 0.920. The van der Waals surface area contributed by atoms with Crippen LogP contribution in [0.25, 0.3) is 0 Å². The summed E-state index contributed by atoms with van der Waals surface area (Å²) in [6.45, 7) is 0.867. The fourth-order valence-electron chi connectivity index (χ4n) is 1.58. The topological polar surface area (TPSA) is 42.2 Å². The Morgan fingerprint density at radius 1 is 1.06 bits per heavy atom. The first-order valence-corrected chi connectivity index (χ1v) is 5.21. The zero-order chi connectivity index (χ0) is 11.4. The summed E-state index contributed by atoms with van der Waals surface area (Å²) in [6.07, 6.45) is 3.62. The molecule has 1 heterocycles. The van der Waals surface area contributed by atoms with E-state index in [1.807, 2.05) is 48.8 Å². The maximum absolute atomic E-state index is 5.65. The first-order valence-electron chi connectivity index (χ1n) is 5.21. The van der Waals surface area contributed by atoms with Gasteiger partial charge in [-0.15, -0.1) is 0 Å². The Kier molecular flexibility index (Phi) is 3.05. The predicted octanol–water partition coefficient (Wildman–Crippen LogP) is 2.30. The number of benzene rings is 1. The summed E-state index contributed by atoms with van der Waals surface area (Å²) in [4.78, 5) is 6.18. The van der Waals surface area contributed by atoms with E-state index < -0.39 is 0 Å². The van der Waals surface area contributed by atoms with Crippen molar-refractivity contribution < 1.29 is 0 Å². The fourth-order valence-corrected chi connectivity index (χ4v) is 1.58. The lowest BCUT2D eigenvalue weighted by atomic mass is 10.2. The van der Waals surface area contributed by atoms with E-state index in [9.17, 15) is 0 Å². The molecule has 0 amide bonds. The average molecular weight is 213 g/mol. The highest BCUT2D eigenvalue weighted by atomic mass is 15.1. The van der Waals surface area contributed by atoms with Gasteiger partial charge in [0.25, 0.3) is 0 Å². The third kappa shape index (κ3) is 2.51. The van der Waals surface area contributed by atoms with Crippen LogP contribution < -0.4 is 10.6 Å². The van der Waals surface area contributed by atoms with Crippen LogP contribution in [-0.4, -0.2) is 12.0 Å². The van der Waals surface area contributed by atoms with Gasteiger partial charge in [-0.1, -0.05) is 0 Å². The Morgan fingerprint density at radius 3 is 2.31 bits per heavy atom. The van der Waals surface area contributed by atoms with Crippen molar-refractivity contribution >= 4 is 11.4 Å². The fraction of sp³-hybridized carbons (Fsp3) is 0.154. The van der Waals surface area contributed by atoms with Gasteiger partial charge < -0.3 is 10.6 Å². The third-order valence-corrected chi connectivity index (χ3v) is 2.50. The largest absolute Gasteiger partial charge is 0.399 e. The van der Waals surface area contributed by atoms with E-state index in [2.05, 4.69) is 16.9 Å². The number of anilines is 2. The van der Waals surface area contributed by atoms with Crippen LogP contribution in [0.5, 0.6) is 0 Å². The van der Waals surface area contributed by atoms with Crippen molar-refractivity contribution in [1.82, 2.24) is 4.98 Å². The van der Waals surface area contributed by atoms with E-state index in [0.29, 0.717) is 0 Å². The van der Waals surface area contributed by atoms with Crippen molar-refractivity contribution in [1.29, 1.82) is 0 Å². The molecular formula is C13H15N3. The van der Waals surface area contributed by atoms with Crippen LogP contribution in [0.15, 0.2) is 48.8 Å². The minimum Gasteiger partial charge on any atom is -0.399 e. The van der Waals surface area contributed by atoms with Crippen LogP contribution >= 0.6 is 0 Å². The summed E-state index contributed by atoms with van der Waals surface area (Å²) in [7, 11) is 2.06. The third-order valence-electron chi connectivity index (χ3n) is 2.50. The van der Waals surface area contributed by atoms with E-state index in [4.69, 9.17) is 5.73 Å². The first kappa shape index (κ1) is 10.5. The lowest BCUT2D eigenvalue weighted by Crippen LogP contribution is -2.16. The Morgan fingerprint density at radius 2 is 1.69 bits per heavy atom. The van der Waals surface area contributed by atoms with Gasteiger partial charge in [-0.25, -0.2) is 0 Å². The van der Waals surface area contributed by atoms with Crippen LogP contribution in [0.3, 0.4) is 0 Å². The van der Waals surface area contributed by atoms with Gasteiger partial charge in [0.1, 0.15) is 0 Å². The highest BCUT2D eigenvalue weighted by molar-refractivity contribution is 5.52. The van der Waals surface area contributed by atoms with Crippen LogP contribution in [0, 0.1) is 0 Å². The van der Waals surface area contributed by atoms with Crippen molar-refractivity contribution in [3.05, 3.63) is 54.4 Å². The first-order chi connectivity index (χ1) is 7.75.